The molecule has 1 fully saturated rings. The molecule has 1 unspecified atom stereocenters. The number of benzene rings is 1. The van der Waals surface area contributed by atoms with Gasteiger partial charge in [-0.15, -0.1) is 0 Å². The summed E-state index contributed by atoms with van der Waals surface area (Å²) >= 11 is 0. The third-order valence-corrected chi connectivity index (χ3v) is 6.28. The minimum atomic E-state index is 0.307. The van der Waals surface area contributed by atoms with Crippen molar-refractivity contribution >= 4 is 0 Å². The number of likely N-dealkylation sites (tertiary alicyclic amines) is 1. The van der Waals surface area contributed by atoms with Crippen molar-refractivity contribution in [1.82, 2.24) is 24.2 Å². The van der Waals surface area contributed by atoms with E-state index in [2.05, 4.69) is 39.8 Å². The van der Waals surface area contributed by atoms with E-state index in [1.165, 1.54) is 23.5 Å². The molecule has 0 bridgehead atoms. The molecular formula is C22H27N5O. The molecule has 0 saturated carbocycles. The molecule has 0 radical (unpaired) electrons. The number of hydrogen-bond acceptors (Lipinski definition) is 4. The van der Waals surface area contributed by atoms with Gasteiger partial charge in [-0.2, -0.15) is 5.10 Å². The summed E-state index contributed by atoms with van der Waals surface area (Å²) in [5.41, 5.74) is 3.92. The second-order valence-electron chi connectivity index (χ2n) is 8.19. The van der Waals surface area contributed by atoms with E-state index < -0.39 is 0 Å². The van der Waals surface area contributed by atoms with Gasteiger partial charge in [0.25, 0.3) is 0 Å². The van der Waals surface area contributed by atoms with E-state index in [0.29, 0.717) is 5.41 Å². The van der Waals surface area contributed by atoms with E-state index in [-0.39, 0.29) is 0 Å². The summed E-state index contributed by atoms with van der Waals surface area (Å²) < 4.78 is 10.0. The number of ether oxygens (including phenoxy) is 1. The Morgan fingerprint density at radius 2 is 2.07 bits per heavy atom. The molecular weight excluding hydrogens is 350 g/mol. The van der Waals surface area contributed by atoms with Crippen LogP contribution in [0.2, 0.25) is 0 Å². The van der Waals surface area contributed by atoms with E-state index in [1.807, 2.05) is 29.2 Å². The molecule has 2 aliphatic heterocycles. The van der Waals surface area contributed by atoms with Crippen molar-refractivity contribution in [1.29, 1.82) is 0 Å². The van der Waals surface area contributed by atoms with Gasteiger partial charge in [-0.1, -0.05) is 12.1 Å². The Morgan fingerprint density at radius 1 is 1.18 bits per heavy atom. The fourth-order valence-electron chi connectivity index (χ4n) is 4.88. The van der Waals surface area contributed by atoms with Crippen LogP contribution < -0.4 is 4.74 Å². The zero-order chi connectivity index (χ0) is 19.1. The van der Waals surface area contributed by atoms with E-state index in [1.54, 1.807) is 7.11 Å². The minimum Gasteiger partial charge on any atom is -0.496 e. The lowest BCUT2D eigenvalue weighted by molar-refractivity contribution is 0.247. The van der Waals surface area contributed by atoms with Crippen molar-refractivity contribution in [2.75, 3.05) is 20.2 Å². The van der Waals surface area contributed by atoms with Crippen LogP contribution >= 0.6 is 0 Å². The highest BCUT2D eigenvalue weighted by molar-refractivity contribution is 5.67. The molecule has 1 spiro atoms. The molecule has 1 saturated heterocycles. The van der Waals surface area contributed by atoms with Gasteiger partial charge >= 0.3 is 0 Å². The molecule has 1 aromatic carbocycles. The number of fused-ring (bicyclic) bond motifs is 1. The van der Waals surface area contributed by atoms with Crippen molar-refractivity contribution in [3.8, 4) is 17.0 Å². The molecule has 0 amide bonds. The summed E-state index contributed by atoms with van der Waals surface area (Å²) in [5.74, 6) is 2.12. The van der Waals surface area contributed by atoms with Crippen LogP contribution in [0.5, 0.6) is 5.75 Å². The molecule has 0 aliphatic carbocycles. The lowest BCUT2D eigenvalue weighted by Crippen LogP contribution is -2.28. The first-order valence-electron chi connectivity index (χ1n) is 10.1. The second-order valence-corrected chi connectivity index (χ2v) is 8.19. The highest BCUT2D eigenvalue weighted by atomic mass is 16.5. The van der Waals surface area contributed by atoms with Crippen LogP contribution in [-0.2, 0) is 26.1 Å². The molecule has 5 rings (SSSR count). The van der Waals surface area contributed by atoms with Gasteiger partial charge in [0.05, 0.1) is 25.2 Å². The molecule has 28 heavy (non-hydrogen) atoms. The van der Waals surface area contributed by atoms with Crippen molar-refractivity contribution in [3.63, 3.8) is 0 Å². The fourth-order valence-corrected chi connectivity index (χ4v) is 4.88. The van der Waals surface area contributed by atoms with Crippen molar-refractivity contribution < 1.29 is 4.74 Å². The van der Waals surface area contributed by atoms with Crippen LogP contribution in [0, 0.1) is 5.41 Å². The predicted molar refractivity (Wildman–Crippen MR) is 108 cm³/mol. The third-order valence-electron chi connectivity index (χ3n) is 6.28. The molecule has 6 heteroatoms. The van der Waals surface area contributed by atoms with Crippen LogP contribution in [0.4, 0.5) is 0 Å². The van der Waals surface area contributed by atoms with E-state index in [0.717, 1.165) is 50.5 Å². The van der Waals surface area contributed by atoms with Gasteiger partial charge in [0.1, 0.15) is 11.6 Å². The number of aryl methyl sites for hydroxylation is 1. The van der Waals surface area contributed by atoms with Gasteiger partial charge in [-0.25, -0.2) is 4.98 Å². The maximum atomic E-state index is 5.58. The van der Waals surface area contributed by atoms with Gasteiger partial charge in [0.2, 0.25) is 0 Å². The SMILES string of the molecule is CCn1cc(CN2CCC3(Cc4ncc(-c5ccccc5OC)n4C3)C2)cn1. The first kappa shape index (κ1) is 17.5. The molecule has 2 aliphatic rings. The monoisotopic (exact) mass is 377 g/mol. The summed E-state index contributed by atoms with van der Waals surface area (Å²) in [6.45, 7) is 7.35. The number of para-hydroxylation sites is 1. The summed E-state index contributed by atoms with van der Waals surface area (Å²) in [6.07, 6.45) is 8.47. The number of rotatable bonds is 5. The lowest BCUT2D eigenvalue weighted by Gasteiger charge is -2.23. The Kier molecular flexibility index (Phi) is 4.23. The molecule has 0 N–H and O–H groups in total. The van der Waals surface area contributed by atoms with Crippen LogP contribution in [0.1, 0.15) is 24.7 Å². The quantitative estimate of drug-likeness (QED) is 0.685. The Balaban J connectivity index is 1.34. The van der Waals surface area contributed by atoms with Crippen molar-refractivity contribution in [2.45, 2.75) is 39.4 Å². The molecule has 146 valence electrons. The zero-order valence-corrected chi connectivity index (χ0v) is 16.6. The molecule has 4 heterocycles. The predicted octanol–water partition coefficient (Wildman–Crippen LogP) is 3.22. The summed E-state index contributed by atoms with van der Waals surface area (Å²) in [4.78, 5) is 7.34. The van der Waals surface area contributed by atoms with E-state index >= 15 is 0 Å². The summed E-state index contributed by atoms with van der Waals surface area (Å²) in [5, 5.41) is 4.42. The van der Waals surface area contributed by atoms with Gasteiger partial charge in [-0.3, -0.25) is 9.58 Å². The van der Waals surface area contributed by atoms with Crippen LogP contribution in [0.15, 0.2) is 42.9 Å². The molecule has 3 aromatic rings. The Labute approximate surface area is 165 Å². The van der Waals surface area contributed by atoms with Gasteiger partial charge in [0, 0.05) is 55.3 Å². The maximum absolute atomic E-state index is 5.58. The highest BCUT2D eigenvalue weighted by Crippen LogP contribution is 2.43. The third kappa shape index (κ3) is 2.92. The Morgan fingerprint density at radius 3 is 2.89 bits per heavy atom. The van der Waals surface area contributed by atoms with Crippen molar-refractivity contribution in [2.24, 2.45) is 5.41 Å². The minimum absolute atomic E-state index is 0.307. The summed E-state index contributed by atoms with van der Waals surface area (Å²) in [6, 6.07) is 8.23. The Hall–Kier alpha value is -2.60. The molecule has 2 aromatic heterocycles. The van der Waals surface area contributed by atoms with Crippen molar-refractivity contribution in [3.05, 3.63) is 54.2 Å². The fraction of sp³-hybridized carbons (Fsp3) is 0.455. The first-order valence-corrected chi connectivity index (χ1v) is 10.1. The number of methoxy groups -OCH3 is 1. The maximum Gasteiger partial charge on any atom is 0.128 e. The number of imidazole rings is 1. The summed E-state index contributed by atoms with van der Waals surface area (Å²) in [7, 11) is 1.73. The largest absolute Gasteiger partial charge is 0.496 e. The van der Waals surface area contributed by atoms with Crippen LogP contribution in [0.25, 0.3) is 11.3 Å². The van der Waals surface area contributed by atoms with Gasteiger partial charge in [0.15, 0.2) is 0 Å². The van der Waals surface area contributed by atoms with Gasteiger partial charge < -0.3 is 9.30 Å². The highest BCUT2D eigenvalue weighted by Gasteiger charge is 2.44. The average Bonchev–Trinajstić information content (AvgIpc) is 3.48. The van der Waals surface area contributed by atoms with E-state index in [4.69, 9.17) is 9.72 Å². The molecule has 1 atom stereocenters. The molecule has 6 nitrogen and oxygen atoms in total. The van der Waals surface area contributed by atoms with Crippen LogP contribution in [-0.4, -0.2) is 44.4 Å². The number of hydrogen-bond donors (Lipinski definition) is 0. The Bertz CT molecular complexity index is 990. The second kappa shape index (κ2) is 6.78. The lowest BCUT2D eigenvalue weighted by atomic mass is 9.86. The number of aromatic nitrogens is 4. The first-order chi connectivity index (χ1) is 13.7. The van der Waals surface area contributed by atoms with Gasteiger partial charge in [-0.05, 0) is 32.0 Å². The van der Waals surface area contributed by atoms with E-state index in [9.17, 15) is 0 Å². The smallest absolute Gasteiger partial charge is 0.128 e. The number of nitrogens with zero attached hydrogens (tertiary/aromatic N) is 5. The van der Waals surface area contributed by atoms with Crippen LogP contribution in [0.3, 0.4) is 0 Å². The standard InChI is InChI=1S/C22H27N5O/c1-3-26-14-17(11-24-26)13-25-9-8-22(15-25)10-21-23-12-19(27(21)16-22)18-6-4-5-7-20(18)28-2/h4-7,11-12,14H,3,8-10,13,15-16H2,1-2H3. The normalized spacial score (nSPS) is 21.5. The topological polar surface area (TPSA) is 48.1 Å². The average molecular weight is 377 g/mol. The zero-order valence-electron chi connectivity index (χ0n) is 16.6.